The Morgan fingerprint density at radius 1 is 1.26 bits per heavy atom. The third-order valence-electron chi connectivity index (χ3n) is 5.40. The Labute approximate surface area is 193 Å². The number of amides is 1. The molecule has 2 aromatic rings. The highest BCUT2D eigenvalue weighted by molar-refractivity contribution is 7.98. The fraction of sp³-hybridized carbons (Fsp3) is 0.391. The Morgan fingerprint density at radius 2 is 2.03 bits per heavy atom. The van der Waals surface area contributed by atoms with Gasteiger partial charge in [0.15, 0.2) is 0 Å². The van der Waals surface area contributed by atoms with Gasteiger partial charge in [-0.05, 0) is 54.7 Å². The molecule has 3 atom stereocenters. The molecule has 3 rings (SSSR count). The molecule has 2 aromatic carbocycles. The molecule has 0 bridgehead atoms. The first-order valence-electron chi connectivity index (χ1n) is 10.4. The number of rotatable bonds is 10. The van der Waals surface area contributed by atoms with Gasteiger partial charge in [0, 0.05) is 29.1 Å². The van der Waals surface area contributed by atoms with Crippen LogP contribution in [0.4, 0.5) is 5.69 Å². The van der Waals surface area contributed by atoms with E-state index in [-0.39, 0.29) is 11.9 Å². The van der Waals surface area contributed by atoms with Crippen molar-refractivity contribution in [3.8, 4) is 11.1 Å². The summed E-state index contributed by atoms with van der Waals surface area (Å²) in [5.41, 5.74) is 2.94. The van der Waals surface area contributed by atoms with Crippen molar-refractivity contribution in [1.29, 1.82) is 0 Å². The second-order valence-corrected chi connectivity index (χ2v) is 9.22. The van der Waals surface area contributed by atoms with Crippen molar-refractivity contribution in [3.63, 3.8) is 0 Å². The zero-order chi connectivity index (χ0) is 22.2. The van der Waals surface area contributed by atoms with Gasteiger partial charge in [-0.2, -0.15) is 24.4 Å². The van der Waals surface area contributed by atoms with Gasteiger partial charge in [0.05, 0.1) is 0 Å². The largest absolute Gasteiger partial charge is 0.480 e. The zero-order valence-electron chi connectivity index (χ0n) is 17.5. The minimum absolute atomic E-state index is 0.261. The van der Waals surface area contributed by atoms with E-state index in [0.29, 0.717) is 29.5 Å². The molecule has 1 aliphatic rings. The van der Waals surface area contributed by atoms with Gasteiger partial charge in [0.1, 0.15) is 6.04 Å². The quantitative estimate of drug-likeness (QED) is 0.350. The number of hydrogen-bond acceptors (Lipinski definition) is 6. The molecule has 6 nitrogen and oxygen atoms in total. The van der Waals surface area contributed by atoms with Gasteiger partial charge in [-0.25, -0.2) is 4.79 Å². The van der Waals surface area contributed by atoms with Crippen molar-refractivity contribution in [2.24, 2.45) is 0 Å². The molecule has 0 aromatic heterocycles. The first-order chi connectivity index (χ1) is 15.0. The molecule has 0 unspecified atom stereocenters. The van der Waals surface area contributed by atoms with Crippen LogP contribution in [-0.2, 0) is 4.79 Å². The van der Waals surface area contributed by atoms with Gasteiger partial charge in [-0.1, -0.05) is 36.4 Å². The normalized spacial score (nSPS) is 19.0. The lowest BCUT2D eigenvalue weighted by Gasteiger charge is -2.19. The zero-order valence-corrected chi connectivity index (χ0v) is 19.2. The van der Waals surface area contributed by atoms with E-state index in [1.807, 2.05) is 48.7 Å². The Hall–Kier alpha value is -2.16. The average molecular weight is 460 g/mol. The van der Waals surface area contributed by atoms with Crippen LogP contribution in [-0.4, -0.2) is 59.4 Å². The Morgan fingerprint density at radius 3 is 2.68 bits per heavy atom. The molecule has 1 heterocycles. The summed E-state index contributed by atoms with van der Waals surface area (Å²) in [5.74, 6) is -0.754. The van der Waals surface area contributed by atoms with Gasteiger partial charge >= 0.3 is 5.97 Å². The second-order valence-electron chi connectivity index (χ2n) is 7.57. The average Bonchev–Trinajstić information content (AvgIpc) is 3.20. The third kappa shape index (κ3) is 6.41. The van der Waals surface area contributed by atoms with E-state index < -0.39 is 12.0 Å². The predicted molar refractivity (Wildman–Crippen MR) is 131 cm³/mol. The maximum absolute atomic E-state index is 13.1. The molecule has 8 heteroatoms. The number of thiol groups is 1. The van der Waals surface area contributed by atoms with Crippen molar-refractivity contribution in [2.75, 3.05) is 30.4 Å². The molecular formula is C23H29N3O3S2. The minimum Gasteiger partial charge on any atom is -0.480 e. The number of benzene rings is 2. The topological polar surface area (TPSA) is 90.5 Å². The number of hydrogen-bond donors (Lipinski definition) is 5. The molecule has 166 valence electrons. The van der Waals surface area contributed by atoms with E-state index in [1.165, 1.54) is 0 Å². The fourth-order valence-electron chi connectivity index (χ4n) is 3.63. The SMILES string of the molecule is CSCC[C@H](NC(=O)c1cc(NC[C@@H]2NCC[C@H]2S)ccc1-c1ccccc1)C(=O)O. The highest BCUT2D eigenvalue weighted by Crippen LogP contribution is 2.27. The maximum Gasteiger partial charge on any atom is 0.326 e. The van der Waals surface area contributed by atoms with Crippen LogP contribution in [0.3, 0.4) is 0 Å². The highest BCUT2D eigenvalue weighted by Gasteiger charge is 2.24. The number of thioether (sulfide) groups is 1. The lowest BCUT2D eigenvalue weighted by Crippen LogP contribution is -2.41. The summed E-state index contributed by atoms with van der Waals surface area (Å²) < 4.78 is 0. The summed E-state index contributed by atoms with van der Waals surface area (Å²) in [7, 11) is 0. The Bertz CT molecular complexity index is 895. The summed E-state index contributed by atoms with van der Waals surface area (Å²) in [6.07, 6.45) is 3.32. The van der Waals surface area contributed by atoms with Crippen molar-refractivity contribution in [2.45, 2.75) is 30.2 Å². The molecule has 1 saturated heterocycles. The lowest BCUT2D eigenvalue weighted by atomic mass is 9.98. The monoisotopic (exact) mass is 459 g/mol. The van der Waals surface area contributed by atoms with E-state index in [2.05, 4.69) is 28.6 Å². The number of carboxylic acid groups (broad SMARTS) is 1. The van der Waals surface area contributed by atoms with Crippen LogP contribution in [0.1, 0.15) is 23.2 Å². The Balaban J connectivity index is 1.84. The van der Waals surface area contributed by atoms with Gasteiger partial charge in [0.25, 0.3) is 5.91 Å². The fourth-order valence-corrected chi connectivity index (χ4v) is 4.44. The third-order valence-corrected chi connectivity index (χ3v) is 6.66. The van der Waals surface area contributed by atoms with E-state index in [1.54, 1.807) is 17.8 Å². The summed E-state index contributed by atoms with van der Waals surface area (Å²) >= 11 is 6.17. The minimum atomic E-state index is -1.02. The van der Waals surface area contributed by atoms with Crippen LogP contribution in [0.5, 0.6) is 0 Å². The smallest absolute Gasteiger partial charge is 0.326 e. The molecular weight excluding hydrogens is 430 g/mol. The van der Waals surface area contributed by atoms with Crippen LogP contribution in [0, 0.1) is 0 Å². The molecule has 0 radical (unpaired) electrons. The van der Waals surface area contributed by atoms with Crippen LogP contribution < -0.4 is 16.0 Å². The number of carbonyl (C=O) groups is 2. The summed E-state index contributed by atoms with van der Waals surface area (Å²) in [6, 6.07) is 14.6. The first-order valence-corrected chi connectivity index (χ1v) is 12.3. The number of carbonyl (C=O) groups excluding carboxylic acids is 1. The van der Waals surface area contributed by atoms with Crippen molar-refractivity contribution < 1.29 is 14.7 Å². The molecule has 31 heavy (non-hydrogen) atoms. The van der Waals surface area contributed by atoms with E-state index >= 15 is 0 Å². The van der Waals surface area contributed by atoms with E-state index in [0.717, 1.165) is 29.8 Å². The molecule has 0 spiro atoms. The summed E-state index contributed by atoms with van der Waals surface area (Å²) in [6.45, 7) is 1.65. The summed E-state index contributed by atoms with van der Waals surface area (Å²) in [5, 5.41) is 19.3. The second kappa shape index (κ2) is 11.5. The number of anilines is 1. The van der Waals surface area contributed by atoms with Crippen molar-refractivity contribution in [3.05, 3.63) is 54.1 Å². The number of nitrogens with one attached hydrogen (secondary N) is 3. The molecule has 1 fully saturated rings. The van der Waals surface area contributed by atoms with Crippen LogP contribution >= 0.6 is 24.4 Å². The summed E-state index contributed by atoms with van der Waals surface area (Å²) in [4.78, 5) is 24.8. The van der Waals surface area contributed by atoms with Gasteiger partial charge in [-0.15, -0.1) is 0 Å². The van der Waals surface area contributed by atoms with E-state index in [4.69, 9.17) is 0 Å². The predicted octanol–water partition coefficient (Wildman–Crippen LogP) is 3.36. The number of aliphatic carboxylic acids is 1. The van der Waals surface area contributed by atoms with Crippen molar-refractivity contribution >= 4 is 42.0 Å². The molecule has 4 N–H and O–H groups in total. The molecule has 0 aliphatic carbocycles. The van der Waals surface area contributed by atoms with Crippen LogP contribution in [0.15, 0.2) is 48.5 Å². The first kappa shape index (κ1) is 23.5. The Kier molecular flexibility index (Phi) is 8.69. The van der Waals surface area contributed by atoms with Gasteiger partial charge < -0.3 is 21.1 Å². The maximum atomic E-state index is 13.1. The van der Waals surface area contributed by atoms with Crippen LogP contribution in [0.25, 0.3) is 11.1 Å². The molecule has 1 amide bonds. The lowest BCUT2D eigenvalue weighted by molar-refractivity contribution is -0.139. The molecule has 1 aliphatic heterocycles. The standard InChI is InChI=1S/C23H29N3O3S2/c1-31-12-10-19(23(28)29)26-22(27)18-13-16(25-14-20-21(30)9-11-24-20)7-8-17(18)15-5-3-2-4-6-15/h2-8,13,19-21,24-25,30H,9-12,14H2,1H3,(H,26,27)(H,28,29)/t19-,20-,21+/m0/s1. The van der Waals surface area contributed by atoms with Gasteiger partial charge in [-0.3, -0.25) is 4.79 Å². The highest BCUT2D eigenvalue weighted by atomic mass is 32.2. The number of carboxylic acids is 1. The van der Waals surface area contributed by atoms with E-state index in [9.17, 15) is 14.7 Å². The van der Waals surface area contributed by atoms with Gasteiger partial charge in [0.2, 0.25) is 0 Å². The molecule has 0 saturated carbocycles. The van der Waals surface area contributed by atoms with Crippen molar-refractivity contribution in [1.82, 2.24) is 10.6 Å². The van der Waals surface area contributed by atoms with Crippen LogP contribution in [0.2, 0.25) is 0 Å².